The van der Waals surface area contributed by atoms with Gasteiger partial charge in [-0.3, -0.25) is 4.79 Å². The van der Waals surface area contributed by atoms with Crippen LogP contribution in [-0.2, 0) is 4.79 Å². The number of benzene rings is 2. The van der Waals surface area contributed by atoms with Crippen LogP contribution >= 0.6 is 0 Å². The van der Waals surface area contributed by atoms with Crippen LogP contribution in [0.4, 0.5) is 11.5 Å². The van der Waals surface area contributed by atoms with Crippen LogP contribution in [0.5, 0.6) is 5.75 Å². The number of fused-ring (bicyclic) bond motifs is 1. The van der Waals surface area contributed by atoms with Gasteiger partial charge in [0.15, 0.2) is 0 Å². The van der Waals surface area contributed by atoms with Crippen molar-refractivity contribution in [3.8, 4) is 5.75 Å². The molecule has 0 atom stereocenters. The third kappa shape index (κ3) is 5.63. The number of rotatable bonds is 8. The zero-order valence-electron chi connectivity index (χ0n) is 19.0. The van der Waals surface area contributed by atoms with E-state index in [1.54, 1.807) is 6.08 Å². The van der Waals surface area contributed by atoms with Crippen LogP contribution in [0.1, 0.15) is 38.8 Å². The zero-order valence-corrected chi connectivity index (χ0v) is 19.0. The van der Waals surface area contributed by atoms with E-state index in [-0.39, 0.29) is 12.0 Å². The number of nitrogens with zero attached hydrogens (tertiary/aromatic N) is 2. The van der Waals surface area contributed by atoms with Gasteiger partial charge in [0.25, 0.3) is 0 Å². The molecule has 3 aromatic rings. The molecule has 0 aliphatic carbocycles. The second kappa shape index (κ2) is 10.1. The standard InChI is InChI=1S/C26H31N3O2/c1-6-29(7-2)25-16-19(5)22-17-21(13-14-23(22)28-25)27-26(30)15-12-20-10-8-9-11-24(20)31-18(3)4/h8-18H,6-7H2,1-5H3,(H,27,30)/b15-12+. The average Bonchev–Trinajstić information content (AvgIpc) is 2.74. The molecule has 0 unspecified atom stereocenters. The van der Waals surface area contributed by atoms with E-state index in [0.29, 0.717) is 0 Å². The molecule has 31 heavy (non-hydrogen) atoms. The minimum absolute atomic E-state index is 0.0695. The molecular weight excluding hydrogens is 386 g/mol. The number of hydrogen-bond acceptors (Lipinski definition) is 4. The van der Waals surface area contributed by atoms with Crippen LogP contribution in [0.3, 0.4) is 0 Å². The van der Waals surface area contributed by atoms with Crippen LogP contribution in [0.2, 0.25) is 0 Å². The number of amides is 1. The number of para-hydroxylation sites is 1. The van der Waals surface area contributed by atoms with Crippen LogP contribution in [0, 0.1) is 6.92 Å². The zero-order chi connectivity index (χ0) is 22.4. The van der Waals surface area contributed by atoms with E-state index in [9.17, 15) is 4.79 Å². The van der Waals surface area contributed by atoms with Gasteiger partial charge in [0, 0.05) is 35.8 Å². The van der Waals surface area contributed by atoms with Crippen LogP contribution in [-0.4, -0.2) is 30.1 Å². The van der Waals surface area contributed by atoms with Crippen molar-refractivity contribution in [1.82, 2.24) is 4.98 Å². The summed E-state index contributed by atoms with van der Waals surface area (Å²) in [6.07, 6.45) is 3.37. The fourth-order valence-corrected chi connectivity index (χ4v) is 3.49. The lowest BCUT2D eigenvalue weighted by Crippen LogP contribution is -2.23. The fourth-order valence-electron chi connectivity index (χ4n) is 3.49. The van der Waals surface area contributed by atoms with Crippen molar-refractivity contribution in [2.24, 2.45) is 0 Å². The van der Waals surface area contributed by atoms with Gasteiger partial charge in [-0.1, -0.05) is 18.2 Å². The van der Waals surface area contributed by atoms with Gasteiger partial charge in [0.2, 0.25) is 5.91 Å². The minimum Gasteiger partial charge on any atom is -0.490 e. The van der Waals surface area contributed by atoms with Crippen LogP contribution in [0.15, 0.2) is 54.6 Å². The number of ether oxygens (including phenoxy) is 1. The number of pyridine rings is 1. The number of carbonyl (C=O) groups excluding carboxylic acids is 1. The van der Waals surface area contributed by atoms with Gasteiger partial charge in [0.05, 0.1) is 11.6 Å². The van der Waals surface area contributed by atoms with E-state index in [0.717, 1.165) is 52.4 Å². The maximum atomic E-state index is 12.5. The molecule has 0 spiro atoms. The van der Waals surface area contributed by atoms with Gasteiger partial charge in [0.1, 0.15) is 11.6 Å². The molecule has 0 fully saturated rings. The Morgan fingerprint density at radius 2 is 1.87 bits per heavy atom. The molecule has 0 bridgehead atoms. The summed E-state index contributed by atoms with van der Waals surface area (Å²) in [5, 5.41) is 3.98. The van der Waals surface area contributed by atoms with Gasteiger partial charge in [-0.25, -0.2) is 4.98 Å². The largest absolute Gasteiger partial charge is 0.490 e. The Balaban J connectivity index is 1.78. The highest BCUT2D eigenvalue weighted by Crippen LogP contribution is 2.26. The first-order valence-electron chi connectivity index (χ1n) is 10.8. The highest BCUT2D eigenvalue weighted by atomic mass is 16.5. The van der Waals surface area contributed by atoms with Gasteiger partial charge in [-0.05, 0) is 76.6 Å². The number of hydrogen-bond donors (Lipinski definition) is 1. The van der Waals surface area contributed by atoms with Gasteiger partial charge in [-0.15, -0.1) is 0 Å². The average molecular weight is 418 g/mol. The summed E-state index contributed by atoms with van der Waals surface area (Å²) in [5.41, 5.74) is 3.68. The van der Waals surface area contributed by atoms with Crippen LogP contribution < -0.4 is 15.0 Å². The molecule has 1 aromatic heterocycles. The Bertz CT molecular complexity index is 1090. The molecule has 0 aliphatic rings. The van der Waals surface area contributed by atoms with Crippen molar-refractivity contribution in [1.29, 1.82) is 0 Å². The van der Waals surface area contributed by atoms with E-state index >= 15 is 0 Å². The third-order valence-corrected chi connectivity index (χ3v) is 5.05. The third-order valence-electron chi connectivity index (χ3n) is 5.05. The molecule has 0 aliphatic heterocycles. The Hall–Kier alpha value is -3.34. The lowest BCUT2D eigenvalue weighted by molar-refractivity contribution is -0.111. The molecule has 3 rings (SSSR count). The van der Waals surface area contributed by atoms with Crippen molar-refractivity contribution in [3.63, 3.8) is 0 Å². The summed E-state index contributed by atoms with van der Waals surface area (Å²) in [6.45, 7) is 12.1. The molecule has 2 aromatic carbocycles. The molecule has 162 valence electrons. The van der Waals surface area contributed by atoms with Crippen molar-refractivity contribution in [2.75, 3.05) is 23.3 Å². The molecular formula is C26H31N3O2. The number of nitrogens with one attached hydrogen (secondary N) is 1. The molecule has 5 nitrogen and oxygen atoms in total. The van der Waals surface area contributed by atoms with Gasteiger partial charge < -0.3 is 15.0 Å². The highest BCUT2D eigenvalue weighted by Gasteiger charge is 2.09. The van der Waals surface area contributed by atoms with E-state index < -0.39 is 0 Å². The van der Waals surface area contributed by atoms with E-state index in [1.165, 1.54) is 6.08 Å². The summed E-state index contributed by atoms with van der Waals surface area (Å²) in [6, 6.07) is 15.6. The first-order chi connectivity index (χ1) is 14.9. The Kier molecular flexibility index (Phi) is 7.29. The second-order valence-corrected chi connectivity index (χ2v) is 7.73. The lowest BCUT2D eigenvalue weighted by atomic mass is 10.1. The monoisotopic (exact) mass is 417 g/mol. The summed E-state index contributed by atoms with van der Waals surface area (Å²) in [5.74, 6) is 1.55. The SMILES string of the molecule is CCN(CC)c1cc(C)c2cc(NC(=O)/C=C/c3ccccc3OC(C)C)ccc2n1. The minimum atomic E-state index is -0.191. The topological polar surface area (TPSA) is 54.5 Å². The summed E-state index contributed by atoms with van der Waals surface area (Å²) >= 11 is 0. The fraction of sp³-hybridized carbons (Fsp3) is 0.308. The normalized spacial score (nSPS) is 11.3. The first-order valence-corrected chi connectivity index (χ1v) is 10.8. The van der Waals surface area contributed by atoms with Gasteiger partial charge >= 0.3 is 0 Å². The predicted molar refractivity (Wildman–Crippen MR) is 130 cm³/mol. The number of aromatic nitrogens is 1. The van der Waals surface area contributed by atoms with Crippen LogP contribution in [0.25, 0.3) is 17.0 Å². The Labute approximate surface area is 184 Å². The smallest absolute Gasteiger partial charge is 0.248 e. The lowest BCUT2D eigenvalue weighted by Gasteiger charge is -2.21. The Morgan fingerprint density at radius 3 is 2.58 bits per heavy atom. The van der Waals surface area contributed by atoms with Gasteiger partial charge in [-0.2, -0.15) is 0 Å². The van der Waals surface area contributed by atoms with Crippen molar-refractivity contribution < 1.29 is 9.53 Å². The van der Waals surface area contributed by atoms with E-state index in [2.05, 4.69) is 37.1 Å². The maximum absolute atomic E-state index is 12.5. The van der Waals surface area contributed by atoms with Crippen molar-refractivity contribution >= 4 is 34.4 Å². The van der Waals surface area contributed by atoms with Crippen molar-refractivity contribution in [3.05, 3.63) is 65.7 Å². The molecule has 1 heterocycles. The molecule has 1 N–H and O–H groups in total. The Morgan fingerprint density at radius 1 is 1.13 bits per heavy atom. The van der Waals surface area contributed by atoms with E-state index in [1.807, 2.05) is 56.3 Å². The summed E-state index contributed by atoms with van der Waals surface area (Å²) in [7, 11) is 0. The highest BCUT2D eigenvalue weighted by molar-refractivity contribution is 6.03. The molecule has 5 heteroatoms. The number of carbonyl (C=O) groups is 1. The van der Waals surface area contributed by atoms with Crippen molar-refractivity contribution in [2.45, 2.75) is 40.7 Å². The quantitative estimate of drug-likeness (QED) is 0.469. The molecule has 0 saturated heterocycles. The second-order valence-electron chi connectivity index (χ2n) is 7.73. The first kappa shape index (κ1) is 22.3. The number of aryl methyl sites for hydroxylation is 1. The molecule has 0 radical (unpaired) electrons. The maximum Gasteiger partial charge on any atom is 0.248 e. The summed E-state index contributed by atoms with van der Waals surface area (Å²) < 4.78 is 5.81. The molecule has 1 amide bonds. The predicted octanol–water partition coefficient (Wildman–Crippen LogP) is 5.83. The summed E-state index contributed by atoms with van der Waals surface area (Å²) in [4.78, 5) is 19.5. The number of anilines is 2. The van der Waals surface area contributed by atoms with E-state index in [4.69, 9.17) is 9.72 Å². The molecule has 0 saturated carbocycles.